The average molecular weight is 288 g/mol. The van der Waals surface area contributed by atoms with Crippen molar-refractivity contribution in [3.05, 3.63) is 71.8 Å². The van der Waals surface area contributed by atoms with E-state index in [4.69, 9.17) is 12.2 Å². The molecule has 2 heteroatoms. The first-order valence-corrected chi connectivity index (χ1v) is 11.0. The minimum atomic E-state index is -1.59. The number of hydrogen-bond acceptors (Lipinski definition) is 1. The first kappa shape index (κ1) is 13.2. The molecule has 2 aromatic rings. The zero-order valence-electron chi connectivity index (χ0n) is 11.3. The Labute approximate surface area is 121 Å². The molecule has 19 heavy (non-hydrogen) atoms. The molecule has 0 spiro atoms. The van der Waals surface area contributed by atoms with E-state index >= 15 is 0 Å². The molecule has 0 bridgehead atoms. The summed E-state index contributed by atoms with van der Waals surface area (Å²) >= 11 is 5.20. The van der Waals surface area contributed by atoms with Gasteiger partial charge in [-0.15, -0.1) is 0 Å². The molecule has 1 heterocycles. The summed E-state index contributed by atoms with van der Waals surface area (Å²) in [4.78, 5) is 0. The fraction of sp³-hybridized carbons (Fsp3) is 0.294. The monoisotopic (exact) mass is 288 g/mol. The predicted octanol–water partition coefficient (Wildman–Crippen LogP) is 5.49. The van der Waals surface area contributed by atoms with Crippen molar-refractivity contribution in [1.29, 1.82) is 0 Å². The van der Waals surface area contributed by atoms with E-state index in [0.717, 1.165) is 0 Å². The quantitative estimate of drug-likeness (QED) is 0.548. The van der Waals surface area contributed by atoms with Gasteiger partial charge in [-0.05, 0) is 0 Å². The van der Waals surface area contributed by atoms with E-state index in [-0.39, 0.29) is 0 Å². The van der Waals surface area contributed by atoms with Gasteiger partial charge < -0.3 is 0 Å². The third-order valence-electron chi connectivity index (χ3n) is 4.56. The van der Waals surface area contributed by atoms with E-state index in [1.54, 1.807) is 0 Å². The molecule has 1 aliphatic heterocycles. The van der Waals surface area contributed by atoms with Crippen molar-refractivity contribution in [3.8, 4) is 0 Å². The summed E-state index contributed by atoms with van der Waals surface area (Å²) in [5.74, 6) is 0. The van der Waals surface area contributed by atoms with Crippen molar-refractivity contribution in [2.24, 2.45) is 0 Å². The number of benzene rings is 2. The second-order valence-electron chi connectivity index (χ2n) is 5.73. The van der Waals surface area contributed by atoms with Crippen LogP contribution in [0.3, 0.4) is 0 Å². The third-order valence-corrected chi connectivity index (χ3v) is 10.5. The van der Waals surface area contributed by atoms with E-state index in [1.807, 2.05) is 0 Å². The van der Waals surface area contributed by atoms with Crippen molar-refractivity contribution >= 4 is 18.7 Å². The molecule has 1 fully saturated rings. The van der Waals surface area contributed by atoms with Crippen molar-refractivity contribution in [1.82, 2.24) is 0 Å². The van der Waals surface area contributed by atoms with Crippen molar-refractivity contribution < 1.29 is 0 Å². The fourth-order valence-corrected chi connectivity index (χ4v) is 8.93. The molecule has 0 unspecified atom stereocenters. The SMILES string of the molecule is C[PH]1(S)[C@H](c2ccccc2)CC[C@H]1c1ccccc1. The van der Waals surface area contributed by atoms with E-state index < -0.39 is 6.46 Å². The second kappa shape index (κ2) is 5.31. The molecule has 2 aromatic carbocycles. The van der Waals surface area contributed by atoms with Crippen molar-refractivity contribution in [3.63, 3.8) is 0 Å². The van der Waals surface area contributed by atoms with Crippen molar-refractivity contribution in [2.75, 3.05) is 6.66 Å². The first-order valence-electron chi connectivity index (χ1n) is 7.02. The van der Waals surface area contributed by atoms with Gasteiger partial charge in [-0.25, -0.2) is 0 Å². The van der Waals surface area contributed by atoms with Crippen LogP contribution < -0.4 is 0 Å². The van der Waals surface area contributed by atoms with Crippen LogP contribution >= 0.6 is 18.7 Å². The molecule has 0 aromatic heterocycles. The standard InChI is InChI=1S/C17H21PS/c1-18(19)16(14-8-4-2-5-9-14)12-13-17(18)15-10-6-3-7-11-15/h2-11,16-19H,12-13H2,1H3/t16-,17-/m0/s1. The maximum atomic E-state index is 5.20. The Balaban J connectivity index is 1.92. The molecule has 0 amide bonds. The van der Waals surface area contributed by atoms with Gasteiger partial charge in [0.15, 0.2) is 0 Å². The summed E-state index contributed by atoms with van der Waals surface area (Å²) in [5.41, 5.74) is 4.35. The summed E-state index contributed by atoms with van der Waals surface area (Å²) < 4.78 is 0. The van der Waals surface area contributed by atoms with Gasteiger partial charge in [0, 0.05) is 0 Å². The van der Waals surface area contributed by atoms with Crippen LogP contribution in [0.25, 0.3) is 0 Å². The van der Waals surface area contributed by atoms with Crippen LogP contribution in [0.4, 0.5) is 0 Å². The third kappa shape index (κ3) is 2.47. The van der Waals surface area contributed by atoms with Gasteiger partial charge in [0.1, 0.15) is 0 Å². The van der Waals surface area contributed by atoms with Gasteiger partial charge in [-0.1, -0.05) is 0 Å². The van der Waals surface area contributed by atoms with E-state index in [0.29, 0.717) is 11.3 Å². The summed E-state index contributed by atoms with van der Waals surface area (Å²) in [6.07, 6.45) is 2.57. The second-order valence-corrected chi connectivity index (χ2v) is 12.5. The molecule has 2 atom stereocenters. The Bertz CT molecular complexity index is 486. The molecule has 3 rings (SSSR count). The Kier molecular flexibility index (Phi) is 3.69. The Morgan fingerprint density at radius 3 is 1.53 bits per heavy atom. The zero-order valence-corrected chi connectivity index (χ0v) is 13.2. The molecule has 0 aliphatic carbocycles. The topological polar surface area (TPSA) is 0 Å². The van der Waals surface area contributed by atoms with Gasteiger partial charge >= 0.3 is 121 Å². The van der Waals surface area contributed by atoms with Crippen LogP contribution in [0.15, 0.2) is 60.7 Å². The molecule has 0 nitrogen and oxygen atoms in total. The summed E-state index contributed by atoms with van der Waals surface area (Å²) in [6.45, 7) is 0.857. The van der Waals surface area contributed by atoms with Crippen LogP contribution in [-0.4, -0.2) is 6.66 Å². The molecular weight excluding hydrogens is 267 g/mol. The molecular formula is C17H21PS. The first-order chi connectivity index (χ1) is 9.19. The van der Waals surface area contributed by atoms with Gasteiger partial charge in [0.2, 0.25) is 0 Å². The molecule has 1 saturated heterocycles. The van der Waals surface area contributed by atoms with Gasteiger partial charge in [-0.2, -0.15) is 0 Å². The Hall–Kier alpha value is -0.780. The predicted molar refractivity (Wildman–Crippen MR) is 90.8 cm³/mol. The molecule has 0 radical (unpaired) electrons. The van der Waals surface area contributed by atoms with Gasteiger partial charge in [0.05, 0.1) is 0 Å². The molecule has 0 saturated carbocycles. The van der Waals surface area contributed by atoms with Gasteiger partial charge in [-0.3, -0.25) is 0 Å². The normalized spacial score (nSPS) is 27.1. The average Bonchev–Trinajstić information content (AvgIpc) is 2.76. The zero-order chi connectivity index (χ0) is 13.3. The fourth-order valence-electron chi connectivity index (χ4n) is 3.54. The molecule has 1 aliphatic rings. The number of hydrogen-bond donors (Lipinski definition) is 1. The van der Waals surface area contributed by atoms with Gasteiger partial charge in [0.25, 0.3) is 0 Å². The summed E-state index contributed by atoms with van der Waals surface area (Å²) in [6, 6.07) is 21.9. The number of thiol groups is 1. The maximum absolute atomic E-state index is 5.20. The van der Waals surface area contributed by atoms with Crippen LogP contribution in [0.2, 0.25) is 0 Å². The Morgan fingerprint density at radius 2 is 1.16 bits per heavy atom. The molecule has 100 valence electrons. The molecule has 0 N–H and O–H groups in total. The van der Waals surface area contributed by atoms with Crippen LogP contribution in [0.1, 0.15) is 35.3 Å². The summed E-state index contributed by atoms with van der Waals surface area (Å²) in [5, 5.41) is 0. The Morgan fingerprint density at radius 1 is 0.789 bits per heavy atom. The van der Waals surface area contributed by atoms with Crippen LogP contribution in [0.5, 0.6) is 0 Å². The van der Waals surface area contributed by atoms with Crippen molar-refractivity contribution in [2.45, 2.75) is 24.2 Å². The van der Waals surface area contributed by atoms with E-state index in [1.165, 1.54) is 24.0 Å². The number of rotatable bonds is 2. The summed E-state index contributed by atoms with van der Waals surface area (Å²) in [7, 11) is 0. The minimum absolute atomic E-state index is 0.683. The van der Waals surface area contributed by atoms with E-state index in [2.05, 4.69) is 67.3 Å². The van der Waals surface area contributed by atoms with E-state index in [9.17, 15) is 0 Å². The van der Waals surface area contributed by atoms with Crippen LogP contribution in [-0.2, 0) is 0 Å². The van der Waals surface area contributed by atoms with Crippen LogP contribution in [0, 0.1) is 0 Å².